The largest absolute Gasteiger partial charge is 0.416 e. The van der Waals surface area contributed by atoms with Gasteiger partial charge in [0.15, 0.2) is 0 Å². The molecule has 1 atom stereocenters. The molecule has 1 aromatic rings. The molecule has 0 radical (unpaired) electrons. The summed E-state index contributed by atoms with van der Waals surface area (Å²) in [5.74, 6) is 0. The zero-order chi connectivity index (χ0) is 11.8. The predicted octanol–water partition coefficient (Wildman–Crippen LogP) is 3.68. The van der Waals surface area contributed by atoms with E-state index in [4.69, 9.17) is 0 Å². The maximum absolute atomic E-state index is 12.3. The van der Waals surface area contributed by atoms with E-state index in [1.165, 1.54) is 12.1 Å². The third-order valence-corrected chi connectivity index (χ3v) is 2.72. The van der Waals surface area contributed by atoms with Gasteiger partial charge in [-0.15, -0.1) is 0 Å². The first-order valence-electron chi connectivity index (χ1n) is 5.21. The van der Waals surface area contributed by atoms with Crippen LogP contribution in [-0.2, 0) is 6.18 Å². The zero-order valence-corrected chi connectivity index (χ0v) is 8.88. The van der Waals surface area contributed by atoms with E-state index in [9.17, 15) is 13.2 Å². The van der Waals surface area contributed by atoms with Gasteiger partial charge in [0.25, 0.3) is 0 Å². The van der Waals surface area contributed by atoms with Crippen LogP contribution in [0.1, 0.15) is 30.9 Å². The zero-order valence-electron chi connectivity index (χ0n) is 8.88. The topological polar surface area (TPSA) is 12.4 Å². The van der Waals surface area contributed by atoms with Crippen molar-refractivity contribution in [3.05, 3.63) is 35.4 Å². The molecule has 0 amide bonds. The van der Waals surface area contributed by atoms with Gasteiger partial charge in [-0.2, -0.15) is 13.2 Å². The van der Waals surface area contributed by atoms with E-state index < -0.39 is 11.7 Å². The molecule has 1 aliphatic heterocycles. The molecule has 1 aliphatic rings. The van der Waals surface area contributed by atoms with Crippen molar-refractivity contribution in [2.75, 3.05) is 0 Å². The fourth-order valence-corrected chi connectivity index (χ4v) is 1.81. The predicted molar refractivity (Wildman–Crippen MR) is 56.7 cm³/mol. The highest BCUT2D eigenvalue weighted by atomic mass is 19.4. The normalized spacial score (nSPS) is 21.0. The van der Waals surface area contributed by atoms with Crippen molar-refractivity contribution >= 4 is 5.71 Å². The monoisotopic (exact) mass is 227 g/mol. The fraction of sp³-hybridized carbons (Fsp3) is 0.417. The molecule has 0 unspecified atom stereocenters. The van der Waals surface area contributed by atoms with Gasteiger partial charge in [-0.1, -0.05) is 12.1 Å². The molecule has 1 heterocycles. The SMILES string of the molecule is C[C@@H]1CCC(c2ccc(C(F)(F)F)cc2)=N1. The minimum absolute atomic E-state index is 0.289. The molecule has 86 valence electrons. The Morgan fingerprint density at radius 2 is 1.81 bits per heavy atom. The molecule has 0 aliphatic carbocycles. The minimum Gasteiger partial charge on any atom is -0.286 e. The van der Waals surface area contributed by atoms with E-state index >= 15 is 0 Å². The Bertz CT molecular complexity index is 403. The lowest BCUT2D eigenvalue weighted by Crippen LogP contribution is -2.05. The maximum Gasteiger partial charge on any atom is 0.416 e. The molecule has 0 saturated carbocycles. The first-order chi connectivity index (χ1) is 7.47. The van der Waals surface area contributed by atoms with Crippen LogP contribution in [0.2, 0.25) is 0 Å². The van der Waals surface area contributed by atoms with Gasteiger partial charge in [-0.05, 0) is 37.5 Å². The van der Waals surface area contributed by atoms with Gasteiger partial charge >= 0.3 is 6.18 Å². The highest BCUT2D eigenvalue weighted by Crippen LogP contribution is 2.29. The van der Waals surface area contributed by atoms with Gasteiger partial charge in [0.1, 0.15) is 0 Å². The van der Waals surface area contributed by atoms with Crippen molar-refractivity contribution in [1.82, 2.24) is 0 Å². The van der Waals surface area contributed by atoms with Crippen LogP contribution in [-0.4, -0.2) is 11.8 Å². The van der Waals surface area contributed by atoms with Crippen molar-refractivity contribution in [2.45, 2.75) is 32.0 Å². The van der Waals surface area contributed by atoms with Crippen LogP contribution < -0.4 is 0 Å². The van der Waals surface area contributed by atoms with Crippen LogP contribution in [0.4, 0.5) is 13.2 Å². The van der Waals surface area contributed by atoms with Crippen molar-refractivity contribution in [3.63, 3.8) is 0 Å². The summed E-state index contributed by atoms with van der Waals surface area (Å²) < 4.78 is 37.0. The van der Waals surface area contributed by atoms with Crippen LogP contribution in [0, 0.1) is 0 Å². The Morgan fingerprint density at radius 1 is 1.19 bits per heavy atom. The summed E-state index contributed by atoms with van der Waals surface area (Å²) in [7, 11) is 0. The Hall–Kier alpha value is -1.32. The molecule has 0 saturated heterocycles. The quantitative estimate of drug-likeness (QED) is 0.694. The van der Waals surface area contributed by atoms with E-state index in [0.29, 0.717) is 0 Å². The second kappa shape index (κ2) is 3.92. The van der Waals surface area contributed by atoms with Crippen molar-refractivity contribution < 1.29 is 13.2 Å². The van der Waals surface area contributed by atoms with Crippen molar-refractivity contribution in [3.8, 4) is 0 Å². The van der Waals surface area contributed by atoms with Crippen LogP contribution in [0.25, 0.3) is 0 Å². The molecule has 2 rings (SSSR count). The second-order valence-corrected chi connectivity index (χ2v) is 4.04. The molecule has 0 spiro atoms. The van der Waals surface area contributed by atoms with Crippen molar-refractivity contribution in [2.24, 2.45) is 4.99 Å². The molecule has 0 N–H and O–H groups in total. The standard InChI is InChI=1S/C12H12F3N/c1-8-2-7-11(16-8)9-3-5-10(6-4-9)12(13,14)15/h3-6,8H,2,7H2,1H3/t8-/m1/s1. The maximum atomic E-state index is 12.3. The Labute approximate surface area is 92.0 Å². The summed E-state index contributed by atoms with van der Waals surface area (Å²) in [5, 5.41) is 0. The second-order valence-electron chi connectivity index (χ2n) is 4.04. The number of hydrogen-bond acceptors (Lipinski definition) is 1. The highest BCUT2D eigenvalue weighted by molar-refractivity contribution is 6.01. The first kappa shape index (κ1) is 11.2. The van der Waals surface area contributed by atoms with E-state index in [-0.39, 0.29) is 6.04 Å². The van der Waals surface area contributed by atoms with Crippen molar-refractivity contribution in [1.29, 1.82) is 0 Å². The van der Waals surface area contributed by atoms with Gasteiger partial charge in [-0.25, -0.2) is 0 Å². The van der Waals surface area contributed by atoms with Gasteiger partial charge in [-0.3, -0.25) is 4.99 Å². The molecule has 0 fully saturated rings. The smallest absolute Gasteiger partial charge is 0.286 e. The summed E-state index contributed by atoms with van der Waals surface area (Å²) in [6, 6.07) is 5.51. The summed E-state index contributed by atoms with van der Waals surface area (Å²) in [5.41, 5.74) is 1.11. The van der Waals surface area contributed by atoms with Gasteiger partial charge in [0, 0.05) is 11.8 Å². The third kappa shape index (κ3) is 2.26. The molecule has 4 heteroatoms. The highest BCUT2D eigenvalue weighted by Gasteiger charge is 2.30. The number of benzene rings is 1. The average molecular weight is 227 g/mol. The Kier molecular flexibility index (Phi) is 2.74. The minimum atomic E-state index is -4.26. The van der Waals surface area contributed by atoms with Gasteiger partial charge < -0.3 is 0 Å². The summed E-state index contributed by atoms with van der Waals surface area (Å²) >= 11 is 0. The molecular weight excluding hydrogens is 215 g/mol. The van der Waals surface area contributed by atoms with E-state index in [1.54, 1.807) is 0 Å². The number of nitrogens with zero attached hydrogens (tertiary/aromatic N) is 1. The first-order valence-corrected chi connectivity index (χ1v) is 5.21. The Morgan fingerprint density at radius 3 is 2.25 bits per heavy atom. The molecule has 0 bridgehead atoms. The Balaban J connectivity index is 2.23. The summed E-state index contributed by atoms with van der Waals surface area (Å²) in [4.78, 5) is 4.39. The molecule has 1 aromatic carbocycles. The third-order valence-electron chi connectivity index (χ3n) is 2.72. The van der Waals surface area contributed by atoms with Gasteiger partial charge in [0.2, 0.25) is 0 Å². The number of rotatable bonds is 1. The lowest BCUT2D eigenvalue weighted by molar-refractivity contribution is -0.137. The van der Waals surface area contributed by atoms with E-state index in [1.807, 2.05) is 6.92 Å². The average Bonchev–Trinajstić information content (AvgIpc) is 2.64. The number of hydrogen-bond donors (Lipinski definition) is 0. The van der Waals surface area contributed by atoms with E-state index in [2.05, 4.69) is 4.99 Å². The molecule has 0 aromatic heterocycles. The lowest BCUT2D eigenvalue weighted by Gasteiger charge is -2.07. The fourth-order valence-electron chi connectivity index (χ4n) is 1.81. The summed E-state index contributed by atoms with van der Waals surface area (Å²) in [6.07, 6.45) is -2.42. The molecular formula is C12H12F3N. The van der Waals surface area contributed by atoms with Crippen LogP contribution in [0.5, 0.6) is 0 Å². The van der Waals surface area contributed by atoms with Gasteiger partial charge in [0.05, 0.1) is 5.56 Å². The number of aliphatic imine (C=N–C) groups is 1. The lowest BCUT2D eigenvalue weighted by atomic mass is 10.1. The van der Waals surface area contributed by atoms with Crippen LogP contribution >= 0.6 is 0 Å². The van der Waals surface area contributed by atoms with Crippen LogP contribution in [0.15, 0.2) is 29.3 Å². The van der Waals surface area contributed by atoms with Crippen LogP contribution in [0.3, 0.4) is 0 Å². The molecule has 1 nitrogen and oxygen atoms in total. The number of alkyl halides is 3. The van der Waals surface area contributed by atoms with E-state index in [0.717, 1.165) is 36.2 Å². The molecule has 16 heavy (non-hydrogen) atoms. The summed E-state index contributed by atoms with van der Waals surface area (Å²) in [6.45, 7) is 2.01. The number of halogens is 3.